The summed E-state index contributed by atoms with van der Waals surface area (Å²) >= 11 is 7.41. The van der Waals surface area contributed by atoms with Crippen LogP contribution in [0.25, 0.3) is 0 Å². The zero-order chi connectivity index (χ0) is 25.7. The third kappa shape index (κ3) is 5.63. The number of ether oxygens (including phenoxy) is 1. The number of anilines is 2. The number of hydrogen-bond acceptors (Lipinski definition) is 6. The van der Waals surface area contributed by atoms with Crippen LogP contribution in [-0.4, -0.2) is 47.0 Å². The van der Waals surface area contributed by atoms with E-state index in [1.54, 1.807) is 54.7 Å². The van der Waals surface area contributed by atoms with Gasteiger partial charge < -0.3 is 15.0 Å². The molecule has 2 amide bonds. The summed E-state index contributed by atoms with van der Waals surface area (Å²) in [6.45, 7) is 4.59. The molecule has 1 aliphatic heterocycles. The SMILES string of the molecule is CCOC(=O)c1ccc(N2C(=O)C(CC(=O)Nc3ccccc3)N(CCc3sccc3C)C2=S)cc1. The third-order valence-corrected chi connectivity index (χ3v) is 7.44. The van der Waals surface area contributed by atoms with Gasteiger partial charge >= 0.3 is 5.97 Å². The summed E-state index contributed by atoms with van der Waals surface area (Å²) in [4.78, 5) is 43.0. The average Bonchev–Trinajstić information content (AvgIpc) is 3.38. The fourth-order valence-corrected chi connectivity index (χ4v) is 5.39. The lowest BCUT2D eigenvalue weighted by atomic mass is 10.1. The first-order chi connectivity index (χ1) is 17.4. The minimum atomic E-state index is -0.730. The molecule has 36 heavy (non-hydrogen) atoms. The van der Waals surface area contributed by atoms with Gasteiger partial charge in [0.15, 0.2) is 5.11 Å². The fourth-order valence-electron chi connectivity index (χ4n) is 4.08. The molecule has 1 aromatic heterocycles. The lowest BCUT2D eigenvalue weighted by Crippen LogP contribution is -2.39. The summed E-state index contributed by atoms with van der Waals surface area (Å²) in [5.74, 6) is -0.961. The molecule has 1 fully saturated rings. The maximum Gasteiger partial charge on any atom is 0.338 e. The van der Waals surface area contributed by atoms with E-state index in [0.717, 1.165) is 0 Å². The first kappa shape index (κ1) is 25.5. The Morgan fingerprint density at radius 3 is 2.44 bits per heavy atom. The maximum absolute atomic E-state index is 13.6. The highest BCUT2D eigenvalue weighted by Crippen LogP contribution is 2.29. The van der Waals surface area contributed by atoms with E-state index in [1.165, 1.54) is 15.3 Å². The third-order valence-electron chi connectivity index (χ3n) is 5.94. The summed E-state index contributed by atoms with van der Waals surface area (Å²) in [7, 11) is 0. The van der Waals surface area contributed by atoms with Crippen LogP contribution >= 0.6 is 23.6 Å². The summed E-state index contributed by atoms with van der Waals surface area (Å²) in [6.07, 6.45) is 0.679. The van der Waals surface area contributed by atoms with Crippen LogP contribution < -0.4 is 10.2 Å². The van der Waals surface area contributed by atoms with Crippen molar-refractivity contribution in [2.24, 2.45) is 0 Å². The van der Waals surface area contributed by atoms with Crippen molar-refractivity contribution in [3.63, 3.8) is 0 Å². The lowest BCUT2D eigenvalue weighted by Gasteiger charge is -2.24. The minimum absolute atomic E-state index is 0.0330. The number of para-hydroxylation sites is 1. The average molecular weight is 522 g/mol. The molecule has 1 aliphatic rings. The van der Waals surface area contributed by atoms with Crippen molar-refractivity contribution in [1.29, 1.82) is 0 Å². The standard InChI is InChI=1S/C27H27N3O4S2/c1-3-34-26(33)19-9-11-21(12-10-19)30-25(32)22(17-24(31)28-20-7-5-4-6-8-20)29(27(30)35)15-13-23-18(2)14-16-36-23/h4-12,14,16,22H,3,13,15,17H2,1-2H3,(H,28,31). The molecule has 1 saturated heterocycles. The van der Waals surface area contributed by atoms with Crippen molar-refractivity contribution < 1.29 is 19.1 Å². The van der Waals surface area contributed by atoms with E-state index in [0.29, 0.717) is 35.0 Å². The zero-order valence-electron chi connectivity index (χ0n) is 20.1. The highest BCUT2D eigenvalue weighted by atomic mass is 32.1. The number of benzene rings is 2. The van der Waals surface area contributed by atoms with Crippen LogP contribution in [0.15, 0.2) is 66.0 Å². The Hall–Kier alpha value is -3.56. The van der Waals surface area contributed by atoms with E-state index in [1.807, 2.05) is 28.5 Å². The molecule has 1 unspecified atom stereocenters. The smallest absolute Gasteiger partial charge is 0.338 e. The molecule has 9 heteroatoms. The van der Waals surface area contributed by atoms with Crippen molar-refractivity contribution in [3.05, 3.63) is 82.0 Å². The zero-order valence-corrected chi connectivity index (χ0v) is 21.7. The highest BCUT2D eigenvalue weighted by molar-refractivity contribution is 7.80. The number of carbonyl (C=O) groups is 3. The van der Waals surface area contributed by atoms with Crippen molar-refractivity contribution in [1.82, 2.24) is 4.90 Å². The Morgan fingerprint density at radius 1 is 1.08 bits per heavy atom. The number of thiocarbonyl (C=S) groups is 1. The van der Waals surface area contributed by atoms with Crippen molar-refractivity contribution in [3.8, 4) is 0 Å². The Kier molecular flexibility index (Phi) is 8.12. The molecule has 1 N–H and O–H groups in total. The fraction of sp³-hybridized carbons (Fsp3) is 0.259. The van der Waals surface area contributed by atoms with Crippen molar-refractivity contribution in [2.75, 3.05) is 23.4 Å². The van der Waals surface area contributed by atoms with Gasteiger partial charge in [0, 0.05) is 17.1 Å². The van der Waals surface area contributed by atoms with Crippen LogP contribution in [0, 0.1) is 6.92 Å². The van der Waals surface area contributed by atoms with E-state index in [2.05, 4.69) is 18.3 Å². The minimum Gasteiger partial charge on any atom is -0.462 e. The van der Waals surface area contributed by atoms with Crippen LogP contribution in [0.2, 0.25) is 0 Å². The van der Waals surface area contributed by atoms with E-state index in [-0.39, 0.29) is 24.8 Å². The molecule has 2 heterocycles. The Balaban J connectivity index is 1.56. The number of nitrogens with one attached hydrogen (secondary N) is 1. The van der Waals surface area contributed by atoms with E-state index >= 15 is 0 Å². The number of hydrogen-bond donors (Lipinski definition) is 1. The largest absolute Gasteiger partial charge is 0.462 e. The maximum atomic E-state index is 13.6. The number of carbonyl (C=O) groups excluding carboxylic acids is 3. The first-order valence-electron chi connectivity index (χ1n) is 11.7. The van der Waals surface area contributed by atoms with Crippen LogP contribution in [0.4, 0.5) is 11.4 Å². The molecule has 0 saturated carbocycles. The monoisotopic (exact) mass is 521 g/mol. The molecule has 0 radical (unpaired) electrons. The Bertz CT molecular complexity index is 1260. The topological polar surface area (TPSA) is 78.9 Å². The quantitative estimate of drug-likeness (QED) is 0.322. The van der Waals surface area contributed by atoms with E-state index in [4.69, 9.17) is 17.0 Å². The molecular formula is C27H27N3O4S2. The second kappa shape index (κ2) is 11.5. The number of amides is 2. The molecule has 0 spiro atoms. The number of esters is 1. The van der Waals surface area contributed by atoms with Gasteiger partial charge in [0.1, 0.15) is 6.04 Å². The molecule has 1 atom stereocenters. The van der Waals surface area contributed by atoms with Gasteiger partial charge in [-0.2, -0.15) is 0 Å². The van der Waals surface area contributed by atoms with Gasteiger partial charge in [-0.25, -0.2) is 4.79 Å². The molecule has 3 aromatic rings. The number of rotatable bonds is 9. The molecule has 2 aromatic carbocycles. The van der Waals surface area contributed by atoms with Gasteiger partial charge in [0.05, 0.1) is 24.3 Å². The van der Waals surface area contributed by atoms with Crippen molar-refractivity contribution in [2.45, 2.75) is 32.7 Å². The second-order valence-corrected chi connectivity index (χ2v) is 9.69. The van der Waals surface area contributed by atoms with E-state index in [9.17, 15) is 14.4 Å². The van der Waals surface area contributed by atoms with Crippen LogP contribution in [-0.2, 0) is 20.7 Å². The number of thiophene rings is 1. The Morgan fingerprint density at radius 2 is 1.81 bits per heavy atom. The summed E-state index contributed by atoms with van der Waals surface area (Å²) in [5, 5.41) is 5.25. The first-order valence-corrected chi connectivity index (χ1v) is 13.0. The van der Waals surface area contributed by atoms with Gasteiger partial charge in [-0.3, -0.25) is 14.5 Å². The van der Waals surface area contributed by atoms with Crippen molar-refractivity contribution >= 4 is 57.8 Å². The highest BCUT2D eigenvalue weighted by Gasteiger charge is 2.44. The number of nitrogens with zero attached hydrogens (tertiary/aromatic N) is 2. The predicted octanol–water partition coefficient (Wildman–Crippen LogP) is 4.81. The summed E-state index contributed by atoms with van der Waals surface area (Å²) in [6, 6.07) is 17.0. The normalized spacial score (nSPS) is 15.3. The Labute approximate surface area is 219 Å². The summed E-state index contributed by atoms with van der Waals surface area (Å²) in [5.41, 5.74) is 2.80. The van der Waals surface area contributed by atoms with Crippen LogP contribution in [0.1, 0.15) is 34.1 Å². The lowest BCUT2D eigenvalue weighted by molar-refractivity contribution is -0.124. The van der Waals surface area contributed by atoms with Gasteiger partial charge in [-0.1, -0.05) is 18.2 Å². The van der Waals surface area contributed by atoms with E-state index < -0.39 is 12.0 Å². The molecule has 7 nitrogen and oxygen atoms in total. The van der Waals surface area contributed by atoms with Gasteiger partial charge in [0.25, 0.3) is 5.91 Å². The molecule has 4 rings (SSSR count). The van der Waals surface area contributed by atoms with Crippen LogP contribution in [0.5, 0.6) is 0 Å². The van der Waals surface area contributed by atoms with Gasteiger partial charge in [-0.15, -0.1) is 11.3 Å². The van der Waals surface area contributed by atoms with Gasteiger partial charge in [-0.05, 0) is 85.9 Å². The predicted molar refractivity (Wildman–Crippen MR) is 145 cm³/mol. The molecule has 0 bridgehead atoms. The second-order valence-electron chi connectivity index (χ2n) is 8.33. The molecular weight excluding hydrogens is 494 g/mol. The van der Waals surface area contributed by atoms with Crippen LogP contribution in [0.3, 0.4) is 0 Å². The van der Waals surface area contributed by atoms with Gasteiger partial charge in [0.2, 0.25) is 5.91 Å². The number of aryl methyl sites for hydroxylation is 1. The summed E-state index contributed by atoms with van der Waals surface area (Å²) < 4.78 is 5.04. The molecule has 186 valence electrons. The molecule has 0 aliphatic carbocycles.